The summed E-state index contributed by atoms with van der Waals surface area (Å²) in [4.78, 5) is 4.39. The van der Waals surface area contributed by atoms with Gasteiger partial charge in [0.15, 0.2) is 0 Å². The van der Waals surface area contributed by atoms with Gasteiger partial charge in [-0.3, -0.25) is 4.98 Å². The van der Waals surface area contributed by atoms with Crippen LogP contribution in [0.5, 0.6) is 0 Å². The smallest absolute Gasteiger partial charge is 0.0783 e. The predicted molar refractivity (Wildman–Crippen MR) is 79.3 cm³/mol. The van der Waals surface area contributed by atoms with Crippen molar-refractivity contribution in [1.29, 1.82) is 0 Å². The molecule has 2 aliphatic rings. The van der Waals surface area contributed by atoms with Crippen LogP contribution in [-0.2, 0) is 11.2 Å². The highest BCUT2D eigenvalue weighted by molar-refractivity contribution is 7.99. The average molecular weight is 278 g/mol. The minimum Gasteiger partial charge on any atom is -0.374 e. The molecule has 2 aliphatic heterocycles. The molecule has 1 aromatic rings. The molecule has 0 amide bonds. The van der Waals surface area contributed by atoms with Gasteiger partial charge in [0.1, 0.15) is 0 Å². The summed E-state index contributed by atoms with van der Waals surface area (Å²) in [5.41, 5.74) is 7.67. The predicted octanol–water partition coefficient (Wildman–Crippen LogP) is 2.25. The highest BCUT2D eigenvalue weighted by Gasteiger charge is 2.41. The molecule has 2 fully saturated rings. The second-order valence-electron chi connectivity index (χ2n) is 5.78. The summed E-state index contributed by atoms with van der Waals surface area (Å²) in [5.74, 6) is 2.97. The Labute approximate surface area is 119 Å². The maximum atomic E-state index is 6.43. The van der Waals surface area contributed by atoms with Gasteiger partial charge in [-0.05, 0) is 43.1 Å². The normalized spacial score (nSPS) is 32.6. The van der Waals surface area contributed by atoms with E-state index in [0.717, 1.165) is 37.3 Å². The fourth-order valence-electron chi connectivity index (χ4n) is 3.22. The number of hydrogen-bond donors (Lipinski definition) is 1. The van der Waals surface area contributed by atoms with Crippen molar-refractivity contribution in [3.63, 3.8) is 0 Å². The van der Waals surface area contributed by atoms with Gasteiger partial charge >= 0.3 is 0 Å². The first-order valence-corrected chi connectivity index (χ1v) is 8.30. The number of rotatable bonds is 3. The van der Waals surface area contributed by atoms with E-state index in [4.69, 9.17) is 10.5 Å². The van der Waals surface area contributed by atoms with Crippen molar-refractivity contribution in [2.45, 2.75) is 37.3 Å². The minimum atomic E-state index is 0.134. The molecule has 2 N–H and O–H groups in total. The van der Waals surface area contributed by atoms with E-state index < -0.39 is 0 Å². The zero-order valence-electron chi connectivity index (χ0n) is 11.3. The molecule has 3 unspecified atom stereocenters. The molecule has 104 valence electrons. The molecular formula is C15H22N2OS. The maximum absolute atomic E-state index is 6.43. The average Bonchev–Trinajstić information content (AvgIpc) is 2.88. The van der Waals surface area contributed by atoms with Gasteiger partial charge in [0, 0.05) is 36.7 Å². The molecule has 0 aliphatic carbocycles. The summed E-state index contributed by atoms with van der Waals surface area (Å²) in [6.45, 7) is 0.876. The third kappa shape index (κ3) is 3.12. The molecule has 2 saturated heterocycles. The molecule has 3 heterocycles. The van der Waals surface area contributed by atoms with Crippen LogP contribution in [0.1, 0.15) is 25.0 Å². The van der Waals surface area contributed by atoms with Gasteiger partial charge in [0.25, 0.3) is 0 Å². The Morgan fingerprint density at radius 1 is 1.53 bits per heavy atom. The van der Waals surface area contributed by atoms with Gasteiger partial charge < -0.3 is 10.5 Å². The topological polar surface area (TPSA) is 48.1 Å². The number of ether oxygens (including phenoxy) is 1. The molecule has 1 spiro atoms. The number of hydrogen-bond acceptors (Lipinski definition) is 4. The monoisotopic (exact) mass is 278 g/mol. The first-order valence-electron chi connectivity index (χ1n) is 7.15. The summed E-state index contributed by atoms with van der Waals surface area (Å²) in [7, 11) is 0. The van der Waals surface area contributed by atoms with Gasteiger partial charge in [-0.15, -0.1) is 0 Å². The van der Waals surface area contributed by atoms with Gasteiger partial charge in [-0.25, -0.2) is 0 Å². The zero-order valence-corrected chi connectivity index (χ0v) is 12.1. The van der Waals surface area contributed by atoms with Gasteiger partial charge in [-0.1, -0.05) is 6.07 Å². The van der Waals surface area contributed by atoms with E-state index in [1.807, 2.05) is 30.1 Å². The first-order chi connectivity index (χ1) is 9.27. The van der Waals surface area contributed by atoms with Crippen LogP contribution in [0.25, 0.3) is 0 Å². The minimum absolute atomic E-state index is 0.134. The summed E-state index contributed by atoms with van der Waals surface area (Å²) in [6.07, 6.45) is 6.16. The lowest BCUT2D eigenvalue weighted by Gasteiger charge is -2.40. The van der Waals surface area contributed by atoms with Crippen LogP contribution < -0.4 is 5.73 Å². The Morgan fingerprint density at radius 2 is 2.47 bits per heavy atom. The maximum Gasteiger partial charge on any atom is 0.0783 e. The van der Waals surface area contributed by atoms with E-state index in [1.165, 1.54) is 12.2 Å². The third-order valence-corrected chi connectivity index (χ3v) is 5.60. The van der Waals surface area contributed by atoms with Crippen molar-refractivity contribution in [1.82, 2.24) is 4.98 Å². The lowest BCUT2D eigenvalue weighted by atomic mass is 9.80. The highest BCUT2D eigenvalue weighted by Crippen LogP contribution is 2.41. The van der Waals surface area contributed by atoms with Crippen LogP contribution in [0.4, 0.5) is 0 Å². The van der Waals surface area contributed by atoms with Crippen molar-refractivity contribution in [2.24, 2.45) is 11.7 Å². The van der Waals surface area contributed by atoms with E-state index in [-0.39, 0.29) is 11.6 Å². The van der Waals surface area contributed by atoms with Crippen LogP contribution in [0.15, 0.2) is 24.4 Å². The Kier molecular flexibility index (Phi) is 4.10. The molecule has 0 bridgehead atoms. The van der Waals surface area contributed by atoms with Crippen molar-refractivity contribution in [3.8, 4) is 0 Å². The van der Waals surface area contributed by atoms with E-state index in [0.29, 0.717) is 5.92 Å². The number of nitrogens with two attached hydrogens (primary N) is 1. The SMILES string of the molecule is NC(Cc1ccccn1)C1CCOC2(CCSC2)C1. The van der Waals surface area contributed by atoms with Crippen LogP contribution >= 0.6 is 11.8 Å². The van der Waals surface area contributed by atoms with Crippen molar-refractivity contribution >= 4 is 11.8 Å². The van der Waals surface area contributed by atoms with Crippen LogP contribution in [0, 0.1) is 5.92 Å². The molecule has 4 heteroatoms. The molecule has 3 atom stereocenters. The number of aromatic nitrogens is 1. The summed E-state index contributed by atoms with van der Waals surface area (Å²) < 4.78 is 6.07. The Balaban J connectivity index is 1.61. The molecule has 0 radical (unpaired) electrons. The van der Waals surface area contributed by atoms with Crippen molar-refractivity contribution < 1.29 is 4.74 Å². The summed E-state index contributed by atoms with van der Waals surface area (Å²) >= 11 is 2.02. The van der Waals surface area contributed by atoms with Crippen LogP contribution in [0.3, 0.4) is 0 Å². The lowest BCUT2D eigenvalue weighted by molar-refractivity contribution is -0.0831. The summed E-state index contributed by atoms with van der Waals surface area (Å²) in [6, 6.07) is 6.27. The molecule has 1 aromatic heterocycles. The first kappa shape index (κ1) is 13.4. The van der Waals surface area contributed by atoms with Gasteiger partial charge in [0.2, 0.25) is 0 Å². The number of pyridine rings is 1. The Morgan fingerprint density at radius 3 is 3.21 bits per heavy atom. The van der Waals surface area contributed by atoms with Crippen molar-refractivity contribution in [2.75, 3.05) is 18.1 Å². The second-order valence-corrected chi connectivity index (χ2v) is 6.88. The fraction of sp³-hybridized carbons (Fsp3) is 0.667. The van der Waals surface area contributed by atoms with Crippen LogP contribution in [0.2, 0.25) is 0 Å². The quantitative estimate of drug-likeness (QED) is 0.921. The Hall–Kier alpha value is -0.580. The molecular weight excluding hydrogens is 256 g/mol. The van der Waals surface area contributed by atoms with E-state index >= 15 is 0 Å². The van der Waals surface area contributed by atoms with Gasteiger partial charge in [-0.2, -0.15) is 11.8 Å². The fourth-order valence-corrected chi connectivity index (χ4v) is 4.60. The number of thioether (sulfide) groups is 1. The number of nitrogens with zero attached hydrogens (tertiary/aromatic N) is 1. The standard InChI is InChI=1S/C15H22N2OS/c16-14(9-13-3-1-2-6-17-13)12-4-7-18-15(10-12)5-8-19-11-15/h1-3,6,12,14H,4-5,7-11,16H2. The second kappa shape index (κ2) is 5.81. The molecule has 0 saturated carbocycles. The largest absolute Gasteiger partial charge is 0.374 e. The van der Waals surface area contributed by atoms with E-state index in [1.54, 1.807) is 0 Å². The third-order valence-electron chi connectivity index (χ3n) is 4.37. The molecule has 3 nitrogen and oxygen atoms in total. The van der Waals surface area contributed by atoms with E-state index in [9.17, 15) is 0 Å². The van der Waals surface area contributed by atoms with Crippen molar-refractivity contribution in [3.05, 3.63) is 30.1 Å². The van der Waals surface area contributed by atoms with Crippen LogP contribution in [-0.4, -0.2) is 34.7 Å². The van der Waals surface area contributed by atoms with E-state index in [2.05, 4.69) is 11.1 Å². The molecule has 0 aromatic carbocycles. The molecule has 3 rings (SSSR count). The zero-order chi connectivity index (χ0) is 13.1. The summed E-state index contributed by atoms with van der Waals surface area (Å²) in [5, 5.41) is 0. The lowest BCUT2D eigenvalue weighted by Crippen LogP contribution is -2.46. The highest BCUT2D eigenvalue weighted by atomic mass is 32.2. The Bertz CT molecular complexity index is 406. The molecule has 19 heavy (non-hydrogen) atoms. The van der Waals surface area contributed by atoms with Gasteiger partial charge in [0.05, 0.1) is 5.60 Å².